The van der Waals surface area contributed by atoms with Gasteiger partial charge in [0.05, 0.1) is 28.6 Å². The topological polar surface area (TPSA) is 59.0 Å². The van der Waals surface area contributed by atoms with Gasteiger partial charge in [-0.3, -0.25) is 4.68 Å². The first kappa shape index (κ1) is 16.3. The van der Waals surface area contributed by atoms with E-state index < -0.39 is 0 Å². The van der Waals surface area contributed by atoms with E-state index in [9.17, 15) is 4.79 Å². The van der Waals surface area contributed by atoms with E-state index in [0.717, 1.165) is 27.8 Å². The first-order valence-electron chi connectivity index (χ1n) is 7.78. The number of carbonyl (C=O) groups is 1. The van der Waals surface area contributed by atoms with Crippen LogP contribution in [0.5, 0.6) is 0 Å². The Hall–Kier alpha value is -2.53. The second-order valence-electron chi connectivity index (χ2n) is 5.62. The van der Waals surface area contributed by atoms with Gasteiger partial charge in [0.15, 0.2) is 0 Å². The summed E-state index contributed by atoms with van der Waals surface area (Å²) in [6.45, 7) is 4.82. The lowest BCUT2D eigenvalue weighted by Crippen LogP contribution is -2.31. The van der Waals surface area contributed by atoms with Gasteiger partial charge in [-0.2, -0.15) is 5.10 Å². The predicted molar refractivity (Wildman–Crippen MR) is 97.7 cm³/mol. The number of amides is 2. The number of nitrogens with one attached hydrogen (secondary N) is 2. The minimum atomic E-state index is -0.237. The van der Waals surface area contributed by atoms with E-state index in [1.165, 1.54) is 0 Å². The molecular formula is C18H19ClN4O. The van der Waals surface area contributed by atoms with Crippen molar-refractivity contribution in [1.82, 2.24) is 15.1 Å². The van der Waals surface area contributed by atoms with Crippen molar-refractivity contribution in [2.75, 3.05) is 11.9 Å². The number of benzene rings is 2. The summed E-state index contributed by atoms with van der Waals surface area (Å²) in [5.74, 6) is 0. The van der Waals surface area contributed by atoms with Crippen LogP contribution in [-0.4, -0.2) is 22.4 Å². The minimum absolute atomic E-state index is 0.237. The molecule has 0 atom stereocenters. The van der Waals surface area contributed by atoms with E-state index in [1.807, 2.05) is 56.3 Å². The Kier molecular flexibility index (Phi) is 4.71. The quantitative estimate of drug-likeness (QED) is 0.749. The second kappa shape index (κ2) is 6.93. The number of carbonyl (C=O) groups excluding carboxylic acids is 1. The van der Waals surface area contributed by atoms with Crippen LogP contribution in [0.2, 0.25) is 5.02 Å². The zero-order valence-corrected chi connectivity index (χ0v) is 14.4. The molecule has 0 saturated carbocycles. The fourth-order valence-electron chi connectivity index (χ4n) is 2.67. The lowest BCUT2D eigenvalue weighted by Gasteiger charge is -2.10. The summed E-state index contributed by atoms with van der Waals surface area (Å²) in [4.78, 5) is 12.1. The minimum Gasteiger partial charge on any atom is -0.336 e. The summed E-state index contributed by atoms with van der Waals surface area (Å²) in [5.41, 5.74) is 2.50. The lowest BCUT2D eigenvalue weighted by molar-refractivity contribution is 0.251. The van der Waals surface area contributed by atoms with Crippen LogP contribution in [0.15, 0.2) is 42.5 Å². The molecule has 0 bridgehead atoms. The highest BCUT2D eigenvalue weighted by molar-refractivity contribution is 6.31. The third kappa shape index (κ3) is 3.36. The number of hydrogen-bond donors (Lipinski definition) is 2. The standard InChI is InChI=1S/C18H19ClN4O/c1-12-17(19)13(2)23(22-12)11-10-20-18(24)21-16-9-5-7-14-6-3-4-8-15(14)16/h3-9H,10-11H2,1-2H3,(H2,20,21,24). The summed E-state index contributed by atoms with van der Waals surface area (Å²) >= 11 is 6.12. The van der Waals surface area contributed by atoms with E-state index in [0.29, 0.717) is 18.1 Å². The van der Waals surface area contributed by atoms with Crippen LogP contribution in [0.4, 0.5) is 10.5 Å². The van der Waals surface area contributed by atoms with E-state index in [2.05, 4.69) is 15.7 Å². The molecule has 0 aliphatic rings. The maximum Gasteiger partial charge on any atom is 0.319 e. The summed E-state index contributed by atoms with van der Waals surface area (Å²) in [6, 6.07) is 13.5. The number of aryl methyl sites for hydroxylation is 1. The highest BCUT2D eigenvalue weighted by Gasteiger charge is 2.09. The van der Waals surface area contributed by atoms with Crippen LogP contribution in [0, 0.1) is 13.8 Å². The Bertz CT molecular complexity index is 883. The van der Waals surface area contributed by atoms with Gasteiger partial charge >= 0.3 is 6.03 Å². The van der Waals surface area contributed by atoms with Gasteiger partial charge in [-0.15, -0.1) is 0 Å². The van der Waals surface area contributed by atoms with Crippen LogP contribution in [0.3, 0.4) is 0 Å². The zero-order valence-electron chi connectivity index (χ0n) is 13.6. The first-order valence-corrected chi connectivity index (χ1v) is 8.16. The average molecular weight is 343 g/mol. The molecule has 0 radical (unpaired) electrons. The van der Waals surface area contributed by atoms with Crippen molar-refractivity contribution < 1.29 is 4.79 Å². The maximum absolute atomic E-state index is 12.1. The van der Waals surface area contributed by atoms with Crippen molar-refractivity contribution in [3.63, 3.8) is 0 Å². The third-order valence-electron chi connectivity index (χ3n) is 3.94. The number of rotatable bonds is 4. The van der Waals surface area contributed by atoms with Gasteiger partial charge in [0.2, 0.25) is 0 Å². The van der Waals surface area contributed by atoms with Crippen molar-refractivity contribution >= 4 is 34.1 Å². The summed E-state index contributed by atoms with van der Waals surface area (Å²) in [6.07, 6.45) is 0. The number of aromatic nitrogens is 2. The molecule has 1 heterocycles. The summed E-state index contributed by atoms with van der Waals surface area (Å²) in [5, 5.41) is 12.9. The van der Waals surface area contributed by atoms with E-state index in [1.54, 1.807) is 4.68 Å². The molecule has 6 heteroatoms. The number of urea groups is 1. The van der Waals surface area contributed by atoms with Gasteiger partial charge in [0.25, 0.3) is 0 Å². The molecule has 0 aliphatic heterocycles. The van der Waals surface area contributed by atoms with E-state index in [-0.39, 0.29) is 6.03 Å². The molecule has 0 unspecified atom stereocenters. The molecule has 24 heavy (non-hydrogen) atoms. The molecule has 0 spiro atoms. The highest BCUT2D eigenvalue weighted by atomic mass is 35.5. The van der Waals surface area contributed by atoms with Gasteiger partial charge in [-0.25, -0.2) is 4.79 Å². The van der Waals surface area contributed by atoms with Gasteiger partial charge in [-0.1, -0.05) is 48.0 Å². The smallest absolute Gasteiger partial charge is 0.319 e. The van der Waals surface area contributed by atoms with Gasteiger partial charge < -0.3 is 10.6 Å². The van der Waals surface area contributed by atoms with Crippen LogP contribution in [0.1, 0.15) is 11.4 Å². The molecule has 1 aromatic heterocycles. The number of halogens is 1. The number of anilines is 1. The molecule has 2 aromatic carbocycles. The lowest BCUT2D eigenvalue weighted by atomic mass is 10.1. The van der Waals surface area contributed by atoms with Crippen molar-refractivity contribution in [3.8, 4) is 0 Å². The molecule has 5 nitrogen and oxygen atoms in total. The van der Waals surface area contributed by atoms with Crippen molar-refractivity contribution in [2.24, 2.45) is 0 Å². The molecule has 0 aliphatic carbocycles. The normalized spacial score (nSPS) is 10.8. The van der Waals surface area contributed by atoms with Crippen molar-refractivity contribution in [1.29, 1.82) is 0 Å². The molecule has 3 rings (SSSR count). The molecule has 0 saturated heterocycles. The Morgan fingerprint density at radius 3 is 2.67 bits per heavy atom. The average Bonchev–Trinajstić information content (AvgIpc) is 2.82. The van der Waals surface area contributed by atoms with Crippen LogP contribution in [0.25, 0.3) is 10.8 Å². The number of fused-ring (bicyclic) bond motifs is 1. The fraction of sp³-hybridized carbons (Fsp3) is 0.222. The van der Waals surface area contributed by atoms with Crippen molar-refractivity contribution in [3.05, 3.63) is 58.9 Å². The molecule has 3 aromatic rings. The Balaban J connectivity index is 1.60. The SMILES string of the molecule is Cc1nn(CCNC(=O)Nc2cccc3ccccc23)c(C)c1Cl. The predicted octanol–water partition coefficient (Wildman–Crippen LogP) is 4.13. The van der Waals surface area contributed by atoms with Crippen LogP contribution >= 0.6 is 11.6 Å². The Labute approximate surface area is 145 Å². The zero-order chi connectivity index (χ0) is 17.1. The maximum atomic E-state index is 12.1. The highest BCUT2D eigenvalue weighted by Crippen LogP contribution is 2.22. The molecule has 2 N–H and O–H groups in total. The molecule has 124 valence electrons. The van der Waals surface area contributed by atoms with Gasteiger partial charge in [0, 0.05) is 11.9 Å². The fourth-order valence-corrected chi connectivity index (χ4v) is 2.80. The largest absolute Gasteiger partial charge is 0.336 e. The van der Waals surface area contributed by atoms with Crippen molar-refractivity contribution in [2.45, 2.75) is 20.4 Å². The van der Waals surface area contributed by atoms with E-state index >= 15 is 0 Å². The van der Waals surface area contributed by atoms with Gasteiger partial charge in [-0.05, 0) is 25.3 Å². The molecular weight excluding hydrogens is 324 g/mol. The van der Waals surface area contributed by atoms with E-state index in [4.69, 9.17) is 11.6 Å². The van der Waals surface area contributed by atoms with Crippen LogP contribution in [-0.2, 0) is 6.54 Å². The summed E-state index contributed by atoms with van der Waals surface area (Å²) in [7, 11) is 0. The third-order valence-corrected chi connectivity index (χ3v) is 4.49. The molecule has 2 amide bonds. The van der Waals surface area contributed by atoms with Crippen LogP contribution < -0.4 is 10.6 Å². The monoisotopic (exact) mass is 342 g/mol. The number of hydrogen-bond acceptors (Lipinski definition) is 2. The first-order chi connectivity index (χ1) is 11.6. The number of nitrogens with zero attached hydrogens (tertiary/aromatic N) is 2. The van der Waals surface area contributed by atoms with Gasteiger partial charge in [0.1, 0.15) is 0 Å². The molecule has 0 fully saturated rings. The second-order valence-corrected chi connectivity index (χ2v) is 5.99. The Morgan fingerprint density at radius 1 is 1.17 bits per heavy atom. The Morgan fingerprint density at radius 2 is 1.92 bits per heavy atom. The summed E-state index contributed by atoms with van der Waals surface area (Å²) < 4.78 is 1.80.